The van der Waals surface area contributed by atoms with Crippen LogP contribution in [0.25, 0.3) is 21.0 Å². The zero-order chi connectivity index (χ0) is 20.4. The maximum atomic E-state index is 12.7. The van der Waals surface area contributed by atoms with Crippen LogP contribution in [0.4, 0.5) is 0 Å². The first-order valence-electron chi connectivity index (χ1n) is 9.36. The number of aryl methyl sites for hydroxylation is 1. The van der Waals surface area contributed by atoms with E-state index in [0.29, 0.717) is 16.9 Å². The van der Waals surface area contributed by atoms with Gasteiger partial charge in [-0.2, -0.15) is 4.99 Å². The molecule has 0 fully saturated rings. The van der Waals surface area contributed by atoms with Crippen LogP contribution in [-0.2, 0) is 22.5 Å². The van der Waals surface area contributed by atoms with Crippen molar-refractivity contribution in [3.05, 3.63) is 76.6 Å². The van der Waals surface area contributed by atoms with Crippen LogP contribution in [0.5, 0.6) is 0 Å². The molecule has 1 heterocycles. The van der Waals surface area contributed by atoms with E-state index in [1.165, 1.54) is 18.4 Å². The monoisotopic (exact) mass is 404 g/mol. The molecule has 6 heteroatoms. The molecular weight excluding hydrogens is 384 g/mol. The van der Waals surface area contributed by atoms with Gasteiger partial charge >= 0.3 is 5.97 Å². The summed E-state index contributed by atoms with van der Waals surface area (Å²) in [5.41, 5.74) is 2.40. The Balaban J connectivity index is 1.73. The maximum Gasteiger partial charge on any atom is 0.337 e. The summed E-state index contributed by atoms with van der Waals surface area (Å²) in [6, 6.07) is 19.4. The van der Waals surface area contributed by atoms with Gasteiger partial charge in [-0.3, -0.25) is 4.79 Å². The number of nitrogens with zero attached hydrogens (tertiary/aromatic N) is 2. The van der Waals surface area contributed by atoms with Crippen LogP contribution in [-0.4, -0.2) is 23.6 Å². The van der Waals surface area contributed by atoms with Crippen LogP contribution in [0.1, 0.15) is 22.8 Å². The number of carbonyl (C=O) groups is 2. The quantitative estimate of drug-likeness (QED) is 0.476. The molecule has 0 aliphatic carbocycles. The number of amides is 1. The molecular formula is C23H20N2O3S. The van der Waals surface area contributed by atoms with Crippen LogP contribution in [0, 0.1) is 0 Å². The first kappa shape index (κ1) is 19.1. The number of hydrogen-bond donors (Lipinski definition) is 0. The van der Waals surface area contributed by atoms with Gasteiger partial charge in [0, 0.05) is 6.54 Å². The minimum Gasteiger partial charge on any atom is -0.465 e. The van der Waals surface area contributed by atoms with E-state index < -0.39 is 0 Å². The smallest absolute Gasteiger partial charge is 0.337 e. The van der Waals surface area contributed by atoms with Crippen molar-refractivity contribution < 1.29 is 14.3 Å². The Bertz CT molecular complexity index is 1300. The van der Waals surface area contributed by atoms with Gasteiger partial charge in [-0.15, -0.1) is 0 Å². The molecule has 146 valence electrons. The molecule has 0 spiro atoms. The fourth-order valence-electron chi connectivity index (χ4n) is 3.46. The summed E-state index contributed by atoms with van der Waals surface area (Å²) >= 11 is 1.40. The average molecular weight is 404 g/mol. The van der Waals surface area contributed by atoms with Gasteiger partial charge in [-0.25, -0.2) is 4.79 Å². The molecule has 3 aromatic carbocycles. The minimum absolute atomic E-state index is 0.191. The van der Waals surface area contributed by atoms with Gasteiger partial charge in [0.25, 0.3) is 5.91 Å². The second-order valence-electron chi connectivity index (χ2n) is 6.62. The second-order valence-corrected chi connectivity index (χ2v) is 7.63. The minimum atomic E-state index is -0.381. The van der Waals surface area contributed by atoms with E-state index >= 15 is 0 Å². The SMILES string of the molecule is CCn1c(=NC(=O)Cc2cccc3ccccc23)sc2cc(C(=O)OC)ccc21. The Kier molecular flexibility index (Phi) is 5.27. The van der Waals surface area contributed by atoms with Crippen molar-refractivity contribution in [1.29, 1.82) is 0 Å². The number of esters is 1. The van der Waals surface area contributed by atoms with E-state index in [1.54, 1.807) is 12.1 Å². The molecule has 4 rings (SSSR count). The van der Waals surface area contributed by atoms with Crippen molar-refractivity contribution in [2.45, 2.75) is 19.9 Å². The predicted molar refractivity (Wildman–Crippen MR) is 115 cm³/mol. The highest BCUT2D eigenvalue weighted by Crippen LogP contribution is 2.21. The molecule has 1 amide bonds. The number of benzene rings is 3. The fourth-order valence-corrected chi connectivity index (χ4v) is 4.62. The van der Waals surface area contributed by atoms with Gasteiger partial charge < -0.3 is 9.30 Å². The second kappa shape index (κ2) is 8.01. The number of hydrogen-bond acceptors (Lipinski definition) is 4. The van der Waals surface area contributed by atoms with Gasteiger partial charge in [-0.1, -0.05) is 53.8 Å². The molecule has 0 N–H and O–H groups in total. The number of ether oxygens (including phenoxy) is 1. The summed E-state index contributed by atoms with van der Waals surface area (Å²) in [6.45, 7) is 2.69. The molecule has 5 nitrogen and oxygen atoms in total. The molecule has 0 atom stereocenters. The Labute approximate surface area is 171 Å². The Morgan fingerprint density at radius 2 is 1.86 bits per heavy atom. The third-order valence-electron chi connectivity index (χ3n) is 4.86. The van der Waals surface area contributed by atoms with Gasteiger partial charge in [0.05, 0.1) is 29.3 Å². The van der Waals surface area contributed by atoms with Gasteiger partial charge in [-0.05, 0) is 41.5 Å². The molecule has 0 saturated carbocycles. The van der Waals surface area contributed by atoms with Crippen molar-refractivity contribution in [2.75, 3.05) is 7.11 Å². The van der Waals surface area contributed by atoms with Crippen LogP contribution in [0.2, 0.25) is 0 Å². The molecule has 0 unspecified atom stereocenters. The van der Waals surface area contributed by atoms with Crippen molar-refractivity contribution in [2.24, 2.45) is 4.99 Å². The predicted octanol–water partition coefficient (Wildman–Crippen LogP) is 4.33. The molecule has 0 radical (unpaired) electrons. The van der Waals surface area contributed by atoms with E-state index in [4.69, 9.17) is 4.74 Å². The summed E-state index contributed by atoms with van der Waals surface area (Å²) in [7, 11) is 1.36. The first-order chi connectivity index (χ1) is 14.1. The summed E-state index contributed by atoms with van der Waals surface area (Å²) in [5.74, 6) is -0.572. The van der Waals surface area contributed by atoms with Crippen LogP contribution < -0.4 is 4.80 Å². The first-order valence-corrected chi connectivity index (χ1v) is 10.2. The lowest BCUT2D eigenvalue weighted by atomic mass is 10.0. The third kappa shape index (κ3) is 3.71. The van der Waals surface area contributed by atoms with Gasteiger partial charge in [0.1, 0.15) is 0 Å². The van der Waals surface area contributed by atoms with E-state index in [9.17, 15) is 9.59 Å². The maximum absolute atomic E-state index is 12.7. The normalized spacial score (nSPS) is 11.9. The number of aromatic nitrogens is 1. The molecule has 4 aromatic rings. The summed E-state index contributed by atoms with van der Waals surface area (Å²) in [6.07, 6.45) is 0.243. The Morgan fingerprint density at radius 1 is 1.07 bits per heavy atom. The van der Waals surface area contributed by atoms with Gasteiger partial charge in [0.15, 0.2) is 4.80 Å². The Hall–Kier alpha value is -3.25. The standard InChI is InChI=1S/C23H20N2O3S/c1-3-25-19-12-11-17(22(27)28-2)13-20(19)29-23(25)24-21(26)14-16-9-6-8-15-7-4-5-10-18(15)16/h4-13H,3,14H2,1-2H3. The summed E-state index contributed by atoms with van der Waals surface area (Å²) in [5, 5.41) is 2.18. The highest BCUT2D eigenvalue weighted by molar-refractivity contribution is 7.16. The van der Waals surface area contributed by atoms with E-state index in [-0.39, 0.29) is 18.3 Å². The zero-order valence-corrected chi connectivity index (χ0v) is 17.0. The molecule has 0 aliphatic heterocycles. The fraction of sp³-hybridized carbons (Fsp3) is 0.174. The van der Waals surface area contributed by atoms with Crippen molar-refractivity contribution in [1.82, 2.24) is 4.57 Å². The lowest BCUT2D eigenvalue weighted by Gasteiger charge is -2.04. The molecule has 0 bridgehead atoms. The lowest BCUT2D eigenvalue weighted by Crippen LogP contribution is -2.16. The zero-order valence-electron chi connectivity index (χ0n) is 16.2. The average Bonchev–Trinajstić information content (AvgIpc) is 3.09. The van der Waals surface area contributed by atoms with Crippen molar-refractivity contribution in [3.8, 4) is 0 Å². The largest absolute Gasteiger partial charge is 0.465 e. The Morgan fingerprint density at radius 3 is 2.66 bits per heavy atom. The van der Waals surface area contributed by atoms with Crippen LogP contribution >= 0.6 is 11.3 Å². The van der Waals surface area contributed by atoms with E-state index in [0.717, 1.165) is 26.6 Å². The lowest BCUT2D eigenvalue weighted by molar-refractivity contribution is -0.117. The van der Waals surface area contributed by atoms with Gasteiger partial charge in [0.2, 0.25) is 0 Å². The highest BCUT2D eigenvalue weighted by Gasteiger charge is 2.12. The van der Waals surface area contributed by atoms with E-state index in [1.807, 2.05) is 60.0 Å². The number of carbonyl (C=O) groups excluding carboxylic acids is 2. The van der Waals surface area contributed by atoms with Crippen molar-refractivity contribution in [3.63, 3.8) is 0 Å². The third-order valence-corrected chi connectivity index (χ3v) is 5.90. The topological polar surface area (TPSA) is 60.7 Å². The van der Waals surface area contributed by atoms with Crippen LogP contribution in [0.3, 0.4) is 0 Å². The van der Waals surface area contributed by atoms with E-state index in [2.05, 4.69) is 4.99 Å². The number of fused-ring (bicyclic) bond motifs is 2. The molecule has 0 saturated heterocycles. The van der Waals surface area contributed by atoms with Crippen molar-refractivity contribution >= 4 is 44.2 Å². The molecule has 29 heavy (non-hydrogen) atoms. The summed E-state index contributed by atoms with van der Waals surface area (Å²) < 4.78 is 7.68. The number of methoxy groups -OCH3 is 1. The number of rotatable bonds is 4. The highest BCUT2D eigenvalue weighted by atomic mass is 32.1. The summed E-state index contributed by atoms with van der Waals surface area (Å²) in [4.78, 5) is 29.6. The molecule has 0 aliphatic rings. The van der Waals surface area contributed by atoms with Crippen LogP contribution in [0.15, 0.2) is 65.7 Å². The molecule has 1 aromatic heterocycles. The number of thiazole rings is 1.